The molecular formula is C16H26N2. The molecule has 0 amide bonds. The van der Waals surface area contributed by atoms with E-state index < -0.39 is 0 Å². The Kier molecular flexibility index (Phi) is 4.79. The van der Waals surface area contributed by atoms with E-state index in [9.17, 15) is 0 Å². The molecule has 0 radical (unpaired) electrons. The Hall–Kier alpha value is -0.860. The standard InChI is InChI=1S/C16H26N2/c1-13(15-7-5-4-6-8-15)12-17-16-9-10-18(3)14(2)11-16/h4-8,13-14,16-17H,9-12H2,1-3H3. The summed E-state index contributed by atoms with van der Waals surface area (Å²) in [6.45, 7) is 6.94. The van der Waals surface area contributed by atoms with E-state index in [2.05, 4.69) is 61.4 Å². The van der Waals surface area contributed by atoms with Crippen molar-refractivity contribution in [3.63, 3.8) is 0 Å². The second kappa shape index (κ2) is 6.35. The van der Waals surface area contributed by atoms with E-state index in [0.717, 1.165) is 6.54 Å². The van der Waals surface area contributed by atoms with Gasteiger partial charge in [-0.15, -0.1) is 0 Å². The van der Waals surface area contributed by atoms with Crippen LogP contribution in [0.25, 0.3) is 0 Å². The van der Waals surface area contributed by atoms with Gasteiger partial charge in [0.15, 0.2) is 0 Å². The van der Waals surface area contributed by atoms with Gasteiger partial charge in [0.2, 0.25) is 0 Å². The maximum Gasteiger partial charge on any atom is 0.00942 e. The number of rotatable bonds is 4. The van der Waals surface area contributed by atoms with Crippen molar-refractivity contribution in [3.8, 4) is 0 Å². The van der Waals surface area contributed by atoms with Gasteiger partial charge in [-0.25, -0.2) is 0 Å². The third-order valence-electron chi connectivity index (χ3n) is 4.29. The molecule has 1 aromatic rings. The van der Waals surface area contributed by atoms with E-state index in [1.54, 1.807) is 0 Å². The number of hydrogen-bond donors (Lipinski definition) is 1. The molecule has 0 saturated carbocycles. The van der Waals surface area contributed by atoms with Crippen LogP contribution in [0.4, 0.5) is 0 Å². The van der Waals surface area contributed by atoms with E-state index >= 15 is 0 Å². The third-order valence-corrected chi connectivity index (χ3v) is 4.29. The number of piperidine rings is 1. The average Bonchev–Trinajstić information content (AvgIpc) is 2.41. The molecule has 1 aliphatic heterocycles. The Labute approximate surface area is 111 Å². The Morgan fingerprint density at radius 1 is 1.33 bits per heavy atom. The van der Waals surface area contributed by atoms with E-state index in [-0.39, 0.29) is 0 Å². The predicted molar refractivity (Wildman–Crippen MR) is 78.0 cm³/mol. The summed E-state index contributed by atoms with van der Waals surface area (Å²) in [5.41, 5.74) is 1.44. The summed E-state index contributed by atoms with van der Waals surface area (Å²) >= 11 is 0. The van der Waals surface area contributed by atoms with Crippen molar-refractivity contribution in [1.82, 2.24) is 10.2 Å². The molecule has 0 aliphatic carbocycles. The van der Waals surface area contributed by atoms with Crippen LogP contribution in [0, 0.1) is 0 Å². The molecule has 18 heavy (non-hydrogen) atoms. The van der Waals surface area contributed by atoms with E-state index in [4.69, 9.17) is 0 Å². The highest BCUT2D eigenvalue weighted by atomic mass is 15.1. The number of hydrogen-bond acceptors (Lipinski definition) is 2. The number of benzene rings is 1. The van der Waals surface area contributed by atoms with Crippen LogP contribution in [0.15, 0.2) is 30.3 Å². The lowest BCUT2D eigenvalue weighted by molar-refractivity contribution is 0.168. The molecule has 1 fully saturated rings. The molecule has 3 unspecified atom stereocenters. The van der Waals surface area contributed by atoms with Crippen LogP contribution in [0.2, 0.25) is 0 Å². The summed E-state index contributed by atoms with van der Waals surface area (Å²) in [6.07, 6.45) is 2.56. The molecular weight excluding hydrogens is 220 g/mol. The SMILES string of the molecule is CC(CNC1CCN(C)C(C)C1)c1ccccc1. The Balaban J connectivity index is 1.78. The van der Waals surface area contributed by atoms with Gasteiger partial charge in [0.05, 0.1) is 0 Å². The van der Waals surface area contributed by atoms with Crippen molar-refractivity contribution in [2.75, 3.05) is 20.1 Å². The van der Waals surface area contributed by atoms with Crippen LogP contribution in [0.1, 0.15) is 38.2 Å². The van der Waals surface area contributed by atoms with Crippen LogP contribution in [0.3, 0.4) is 0 Å². The zero-order chi connectivity index (χ0) is 13.0. The highest BCUT2D eigenvalue weighted by Crippen LogP contribution is 2.17. The van der Waals surface area contributed by atoms with Crippen LogP contribution in [-0.2, 0) is 0 Å². The number of likely N-dealkylation sites (tertiary alicyclic amines) is 1. The lowest BCUT2D eigenvalue weighted by Gasteiger charge is -2.36. The molecule has 0 aromatic heterocycles. The second-order valence-corrected chi connectivity index (χ2v) is 5.77. The maximum absolute atomic E-state index is 3.74. The summed E-state index contributed by atoms with van der Waals surface area (Å²) in [7, 11) is 2.23. The molecule has 1 saturated heterocycles. The van der Waals surface area contributed by atoms with Crippen LogP contribution >= 0.6 is 0 Å². The highest BCUT2D eigenvalue weighted by molar-refractivity contribution is 5.19. The molecule has 1 aliphatic rings. The predicted octanol–water partition coefficient (Wildman–Crippen LogP) is 2.86. The summed E-state index contributed by atoms with van der Waals surface area (Å²) in [6, 6.07) is 12.2. The molecule has 0 spiro atoms. The average molecular weight is 246 g/mol. The lowest BCUT2D eigenvalue weighted by atomic mass is 9.97. The molecule has 1 heterocycles. The molecule has 1 N–H and O–H groups in total. The van der Waals surface area contributed by atoms with Gasteiger partial charge in [0.1, 0.15) is 0 Å². The smallest absolute Gasteiger partial charge is 0.00942 e. The van der Waals surface area contributed by atoms with Gasteiger partial charge in [0, 0.05) is 18.6 Å². The fourth-order valence-electron chi connectivity index (χ4n) is 2.72. The first kappa shape index (κ1) is 13.6. The van der Waals surface area contributed by atoms with Gasteiger partial charge in [-0.05, 0) is 44.8 Å². The fraction of sp³-hybridized carbons (Fsp3) is 0.625. The van der Waals surface area contributed by atoms with Gasteiger partial charge in [-0.1, -0.05) is 37.3 Å². The van der Waals surface area contributed by atoms with Gasteiger partial charge >= 0.3 is 0 Å². The molecule has 1 aromatic carbocycles. The molecule has 0 bridgehead atoms. The number of nitrogens with one attached hydrogen (secondary N) is 1. The summed E-state index contributed by atoms with van der Waals surface area (Å²) in [5.74, 6) is 0.598. The minimum absolute atomic E-state index is 0.598. The van der Waals surface area contributed by atoms with Gasteiger partial charge < -0.3 is 10.2 Å². The molecule has 2 heteroatoms. The van der Waals surface area contributed by atoms with E-state index in [1.807, 2.05) is 0 Å². The Morgan fingerprint density at radius 3 is 2.72 bits per heavy atom. The van der Waals surface area contributed by atoms with Gasteiger partial charge in [-0.2, -0.15) is 0 Å². The van der Waals surface area contributed by atoms with E-state index in [1.165, 1.54) is 24.9 Å². The molecule has 2 rings (SSSR count). The van der Waals surface area contributed by atoms with Crippen molar-refractivity contribution >= 4 is 0 Å². The second-order valence-electron chi connectivity index (χ2n) is 5.77. The molecule has 3 atom stereocenters. The van der Waals surface area contributed by atoms with Gasteiger partial charge in [-0.3, -0.25) is 0 Å². The van der Waals surface area contributed by atoms with Crippen LogP contribution in [-0.4, -0.2) is 37.1 Å². The zero-order valence-electron chi connectivity index (χ0n) is 11.9. The summed E-state index contributed by atoms with van der Waals surface area (Å²) in [4.78, 5) is 2.46. The first-order valence-corrected chi connectivity index (χ1v) is 7.15. The monoisotopic (exact) mass is 246 g/mol. The third kappa shape index (κ3) is 3.56. The summed E-state index contributed by atoms with van der Waals surface area (Å²) < 4.78 is 0. The summed E-state index contributed by atoms with van der Waals surface area (Å²) in [5, 5.41) is 3.74. The maximum atomic E-state index is 3.74. The first-order chi connectivity index (χ1) is 8.66. The van der Waals surface area contributed by atoms with Crippen molar-refractivity contribution in [2.45, 2.75) is 44.7 Å². The topological polar surface area (TPSA) is 15.3 Å². The van der Waals surface area contributed by atoms with Crippen molar-refractivity contribution in [3.05, 3.63) is 35.9 Å². The minimum Gasteiger partial charge on any atom is -0.313 e. The quantitative estimate of drug-likeness (QED) is 0.879. The van der Waals surface area contributed by atoms with Crippen LogP contribution < -0.4 is 5.32 Å². The molecule has 100 valence electrons. The largest absolute Gasteiger partial charge is 0.313 e. The van der Waals surface area contributed by atoms with Crippen molar-refractivity contribution in [2.24, 2.45) is 0 Å². The first-order valence-electron chi connectivity index (χ1n) is 7.15. The van der Waals surface area contributed by atoms with Crippen molar-refractivity contribution in [1.29, 1.82) is 0 Å². The van der Waals surface area contributed by atoms with Crippen LogP contribution in [0.5, 0.6) is 0 Å². The Bertz CT molecular complexity index is 349. The minimum atomic E-state index is 0.598. The number of nitrogens with zero attached hydrogens (tertiary/aromatic N) is 1. The molecule has 2 nitrogen and oxygen atoms in total. The normalized spacial score (nSPS) is 27.1. The zero-order valence-corrected chi connectivity index (χ0v) is 11.9. The van der Waals surface area contributed by atoms with Gasteiger partial charge in [0.25, 0.3) is 0 Å². The fourth-order valence-corrected chi connectivity index (χ4v) is 2.72. The van der Waals surface area contributed by atoms with E-state index in [0.29, 0.717) is 18.0 Å². The van der Waals surface area contributed by atoms with Crippen molar-refractivity contribution < 1.29 is 0 Å². The Morgan fingerprint density at radius 2 is 2.06 bits per heavy atom. The lowest BCUT2D eigenvalue weighted by Crippen LogP contribution is -2.46. The highest BCUT2D eigenvalue weighted by Gasteiger charge is 2.22.